The lowest BCUT2D eigenvalue weighted by atomic mass is 10.1. The molecule has 0 aromatic carbocycles. The van der Waals surface area contributed by atoms with Crippen LogP contribution in [0.3, 0.4) is 0 Å². The number of carbonyl (C=O) groups excluding carboxylic acids is 1. The summed E-state index contributed by atoms with van der Waals surface area (Å²) in [6, 6.07) is 6.47. The molecule has 7 nitrogen and oxygen atoms in total. The van der Waals surface area contributed by atoms with Crippen LogP contribution in [0.1, 0.15) is 13.8 Å². The van der Waals surface area contributed by atoms with Crippen LogP contribution in [0.5, 0.6) is 0 Å². The molecule has 0 radical (unpaired) electrons. The standard InChI is InChI=1S/C19H22N6OS2/c1-12-9-25(10-13(2)21-12)11-17(26)23-16-8-14(19-20-5-7-28-19)22-18(24-16)15-4-3-6-27-15/h3-8,12-13,21H,9-11H2,1-2H3,(H,22,23,24,26). The highest BCUT2D eigenvalue weighted by Crippen LogP contribution is 2.27. The van der Waals surface area contributed by atoms with Crippen molar-refractivity contribution < 1.29 is 4.79 Å². The van der Waals surface area contributed by atoms with E-state index in [4.69, 9.17) is 0 Å². The van der Waals surface area contributed by atoms with Crippen LogP contribution >= 0.6 is 22.7 Å². The lowest BCUT2D eigenvalue weighted by molar-refractivity contribution is -0.117. The number of carbonyl (C=O) groups is 1. The number of hydrogen-bond donors (Lipinski definition) is 2. The third-order valence-corrected chi connectivity index (χ3v) is 6.05. The van der Waals surface area contributed by atoms with Gasteiger partial charge in [0.1, 0.15) is 16.5 Å². The fourth-order valence-corrected chi connectivity index (χ4v) is 4.70. The van der Waals surface area contributed by atoms with E-state index in [1.807, 2.05) is 22.9 Å². The molecule has 4 heterocycles. The van der Waals surface area contributed by atoms with Gasteiger partial charge in [-0.25, -0.2) is 15.0 Å². The smallest absolute Gasteiger partial charge is 0.239 e. The lowest BCUT2D eigenvalue weighted by Gasteiger charge is -2.35. The maximum absolute atomic E-state index is 12.6. The van der Waals surface area contributed by atoms with Crippen LogP contribution in [0.15, 0.2) is 35.2 Å². The normalized spacial score (nSPS) is 20.2. The van der Waals surface area contributed by atoms with Crippen molar-refractivity contribution in [1.29, 1.82) is 0 Å². The molecule has 146 valence electrons. The largest absolute Gasteiger partial charge is 0.309 e. The number of amides is 1. The van der Waals surface area contributed by atoms with E-state index in [2.05, 4.69) is 44.3 Å². The lowest BCUT2D eigenvalue weighted by Crippen LogP contribution is -2.55. The topological polar surface area (TPSA) is 83.0 Å². The number of nitrogens with zero attached hydrogens (tertiary/aromatic N) is 4. The Morgan fingerprint density at radius 2 is 2.07 bits per heavy atom. The Morgan fingerprint density at radius 1 is 1.25 bits per heavy atom. The minimum absolute atomic E-state index is 0.0674. The molecule has 1 saturated heterocycles. The van der Waals surface area contributed by atoms with E-state index in [0.29, 0.717) is 36.0 Å². The number of thiazole rings is 1. The van der Waals surface area contributed by atoms with E-state index in [0.717, 1.165) is 23.0 Å². The van der Waals surface area contributed by atoms with Gasteiger partial charge in [-0.3, -0.25) is 9.69 Å². The number of hydrogen-bond acceptors (Lipinski definition) is 8. The minimum Gasteiger partial charge on any atom is -0.309 e. The van der Waals surface area contributed by atoms with Gasteiger partial charge in [0.05, 0.1) is 11.4 Å². The first-order valence-corrected chi connectivity index (χ1v) is 10.9. The molecule has 0 bridgehead atoms. The van der Waals surface area contributed by atoms with E-state index in [1.54, 1.807) is 23.6 Å². The van der Waals surface area contributed by atoms with Crippen molar-refractivity contribution in [2.75, 3.05) is 25.0 Å². The molecule has 1 fully saturated rings. The number of aromatic nitrogens is 3. The molecule has 0 aliphatic carbocycles. The van der Waals surface area contributed by atoms with Gasteiger partial charge in [-0.2, -0.15) is 0 Å². The maximum atomic E-state index is 12.6. The van der Waals surface area contributed by atoms with Crippen molar-refractivity contribution in [2.45, 2.75) is 25.9 Å². The highest BCUT2D eigenvalue weighted by atomic mass is 32.1. The van der Waals surface area contributed by atoms with Crippen molar-refractivity contribution in [3.63, 3.8) is 0 Å². The number of nitrogens with one attached hydrogen (secondary N) is 2. The number of thiophene rings is 1. The van der Waals surface area contributed by atoms with Crippen LogP contribution < -0.4 is 10.6 Å². The summed E-state index contributed by atoms with van der Waals surface area (Å²) in [7, 11) is 0. The molecule has 2 atom stereocenters. The van der Waals surface area contributed by atoms with Crippen LogP contribution in [0.4, 0.5) is 5.82 Å². The van der Waals surface area contributed by atoms with Gasteiger partial charge in [-0.15, -0.1) is 22.7 Å². The average Bonchev–Trinajstić information content (AvgIpc) is 3.34. The molecule has 2 N–H and O–H groups in total. The fourth-order valence-electron chi connectivity index (χ4n) is 3.44. The second-order valence-electron chi connectivity index (χ2n) is 6.99. The highest BCUT2D eigenvalue weighted by molar-refractivity contribution is 7.13. The molecule has 3 aromatic heterocycles. The highest BCUT2D eigenvalue weighted by Gasteiger charge is 2.23. The zero-order valence-corrected chi connectivity index (χ0v) is 17.4. The summed E-state index contributed by atoms with van der Waals surface area (Å²) in [5, 5.41) is 11.1. The maximum Gasteiger partial charge on any atom is 0.239 e. The summed E-state index contributed by atoms with van der Waals surface area (Å²) in [4.78, 5) is 29.3. The van der Waals surface area contributed by atoms with Crippen molar-refractivity contribution in [1.82, 2.24) is 25.2 Å². The Bertz CT molecular complexity index is 866. The second-order valence-corrected chi connectivity index (χ2v) is 8.83. The average molecular weight is 415 g/mol. The Morgan fingerprint density at radius 3 is 2.75 bits per heavy atom. The van der Waals surface area contributed by atoms with Crippen LogP contribution in [0, 0.1) is 0 Å². The molecule has 1 aliphatic heterocycles. The Labute approximate surface area is 171 Å². The molecule has 3 aromatic rings. The summed E-state index contributed by atoms with van der Waals surface area (Å²) in [6.45, 7) is 6.33. The molecule has 1 amide bonds. The molecular weight excluding hydrogens is 392 g/mol. The molecular formula is C19H22N6OS2. The first-order chi connectivity index (χ1) is 13.6. The van der Waals surface area contributed by atoms with Crippen LogP contribution in [0.2, 0.25) is 0 Å². The number of piperazine rings is 1. The third-order valence-electron chi connectivity index (χ3n) is 4.39. The van der Waals surface area contributed by atoms with Crippen LogP contribution in [-0.4, -0.2) is 57.5 Å². The fraction of sp³-hybridized carbons (Fsp3) is 0.368. The van der Waals surface area contributed by atoms with Gasteiger partial charge < -0.3 is 10.6 Å². The SMILES string of the molecule is CC1CN(CC(=O)Nc2cc(-c3nccs3)nc(-c3cccs3)n2)CC(C)N1. The zero-order valence-electron chi connectivity index (χ0n) is 15.8. The van der Waals surface area contributed by atoms with E-state index >= 15 is 0 Å². The summed E-state index contributed by atoms with van der Waals surface area (Å²) < 4.78 is 0. The van der Waals surface area contributed by atoms with E-state index in [1.165, 1.54) is 11.3 Å². The van der Waals surface area contributed by atoms with E-state index in [9.17, 15) is 4.79 Å². The molecule has 2 unspecified atom stereocenters. The first kappa shape index (κ1) is 19.1. The minimum atomic E-state index is -0.0674. The molecule has 4 rings (SSSR count). The van der Waals surface area contributed by atoms with Gasteiger partial charge in [0.25, 0.3) is 0 Å². The van der Waals surface area contributed by atoms with Crippen molar-refractivity contribution >= 4 is 34.4 Å². The summed E-state index contributed by atoms with van der Waals surface area (Å²) in [5.74, 6) is 1.04. The molecule has 1 aliphatic rings. The first-order valence-electron chi connectivity index (χ1n) is 9.18. The molecule has 0 saturated carbocycles. The number of rotatable bonds is 5. The predicted octanol–water partition coefficient (Wildman–Crippen LogP) is 2.95. The van der Waals surface area contributed by atoms with Crippen molar-refractivity contribution in [3.8, 4) is 21.4 Å². The second kappa shape index (κ2) is 8.44. The molecule has 28 heavy (non-hydrogen) atoms. The third kappa shape index (κ3) is 4.61. The van der Waals surface area contributed by atoms with E-state index in [-0.39, 0.29) is 5.91 Å². The van der Waals surface area contributed by atoms with Gasteiger partial charge >= 0.3 is 0 Å². The zero-order chi connectivity index (χ0) is 19.5. The van der Waals surface area contributed by atoms with Gasteiger partial charge in [-0.1, -0.05) is 6.07 Å². The van der Waals surface area contributed by atoms with E-state index < -0.39 is 0 Å². The summed E-state index contributed by atoms with van der Waals surface area (Å²) >= 11 is 3.08. The van der Waals surface area contributed by atoms with Gasteiger partial charge in [-0.05, 0) is 25.3 Å². The van der Waals surface area contributed by atoms with Gasteiger partial charge in [0.2, 0.25) is 5.91 Å². The number of anilines is 1. The molecule has 0 spiro atoms. The Hall–Kier alpha value is -2.20. The molecule has 9 heteroatoms. The monoisotopic (exact) mass is 414 g/mol. The quantitative estimate of drug-likeness (QED) is 0.668. The Kier molecular flexibility index (Phi) is 5.77. The van der Waals surface area contributed by atoms with Gasteiger partial charge in [0.15, 0.2) is 5.82 Å². The van der Waals surface area contributed by atoms with Crippen LogP contribution in [-0.2, 0) is 4.79 Å². The predicted molar refractivity (Wildman–Crippen MR) is 114 cm³/mol. The van der Waals surface area contributed by atoms with Crippen molar-refractivity contribution in [2.24, 2.45) is 0 Å². The summed E-state index contributed by atoms with van der Waals surface area (Å²) in [5.41, 5.74) is 0.716. The Balaban J connectivity index is 1.54. The summed E-state index contributed by atoms with van der Waals surface area (Å²) in [6.07, 6.45) is 1.75. The van der Waals surface area contributed by atoms with Crippen molar-refractivity contribution in [3.05, 3.63) is 35.2 Å². The van der Waals surface area contributed by atoms with Crippen LogP contribution in [0.25, 0.3) is 21.4 Å². The van der Waals surface area contributed by atoms with Gasteiger partial charge in [0, 0.05) is 42.8 Å².